The Morgan fingerprint density at radius 2 is 1.79 bits per heavy atom. The topological polar surface area (TPSA) is 44.8 Å². The van der Waals surface area contributed by atoms with Crippen LogP contribution in [0.3, 0.4) is 0 Å². The normalized spacial score (nSPS) is 20.2. The molecule has 0 radical (unpaired) electrons. The van der Waals surface area contributed by atoms with Crippen molar-refractivity contribution in [2.24, 2.45) is 0 Å². The van der Waals surface area contributed by atoms with Crippen LogP contribution < -0.4 is 5.32 Å². The van der Waals surface area contributed by atoms with E-state index in [0.717, 1.165) is 51.5 Å². The van der Waals surface area contributed by atoms with Crippen LogP contribution in [0, 0.1) is 0 Å². The Morgan fingerprint density at radius 3 is 2.38 bits per heavy atom. The fourth-order valence-electron chi connectivity index (χ4n) is 4.85. The van der Waals surface area contributed by atoms with Crippen LogP contribution in [-0.4, -0.2) is 66.7 Å². The average Bonchev–Trinajstić information content (AvgIpc) is 2.77. The van der Waals surface area contributed by atoms with E-state index in [0.29, 0.717) is 6.04 Å². The van der Waals surface area contributed by atoms with Crippen molar-refractivity contribution in [3.05, 3.63) is 35.4 Å². The van der Waals surface area contributed by atoms with Crippen molar-refractivity contribution < 1.29 is 9.53 Å². The van der Waals surface area contributed by atoms with Gasteiger partial charge in [-0.2, -0.15) is 0 Å². The van der Waals surface area contributed by atoms with Crippen molar-refractivity contribution in [3.63, 3.8) is 0 Å². The second-order valence-electron chi connectivity index (χ2n) is 8.92. The summed E-state index contributed by atoms with van der Waals surface area (Å²) in [5.74, 6) is 0.0472. The van der Waals surface area contributed by atoms with E-state index in [9.17, 15) is 4.79 Å². The molecular weight excluding hydrogens is 362 g/mol. The minimum Gasteiger partial charge on any atom is -0.379 e. The first-order valence-electron chi connectivity index (χ1n) is 11.5. The molecule has 2 fully saturated rings. The molecule has 1 aliphatic heterocycles. The fraction of sp³-hybridized carbons (Fsp3) is 0.708. The fourth-order valence-corrected chi connectivity index (χ4v) is 4.85. The second kappa shape index (κ2) is 10.6. The van der Waals surface area contributed by atoms with Crippen molar-refractivity contribution in [3.8, 4) is 0 Å². The van der Waals surface area contributed by atoms with Gasteiger partial charge in [0.15, 0.2) is 0 Å². The number of ether oxygens (including phenoxy) is 1. The number of morpholine rings is 1. The lowest BCUT2D eigenvalue weighted by atomic mass is 9.79. The van der Waals surface area contributed by atoms with Gasteiger partial charge in [-0.15, -0.1) is 0 Å². The number of nitrogens with zero attached hydrogens (tertiary/aromatic N) is 2. The van der Waals surface area contributed by atoms with Gasteiger partial charge in [0.05, 0.1) is 13.2 Å². The molecule has 0 atom stereocenters. The molecule has 1 heterocycles. The van der Waals surface area contributed by atoms with E-state index in [1.165, 1.54) is 37.7 Å². The molecule has 2 aliphatic rings. The molecule has 0 spiro atoms. The van der Waals surface area contributed by atoms with Gasteiger partial charge in [0.25, 0.3) is 5.91 Å². The van der Waals surface area contributed by atoms with Gasteiger partial charge in [-0.05, 0) is 50.9 Å². The summed E-state index contributed by atoms with van der Waals surface area (Å²) in [7, 11) is 0. The predicted octanol–water partition coefficient (Wildman–Crippen LogP) is 3.68. The van der Waals surface area contributed by atoms with E-state index in [-0.39, 0.29) is 11.4 Å². The standard InChI is InChI=1S/C24H39N3O2/c1-4-26(20(2)3)18-21-8-10-22(11-9-21)23(28)25-19-24(12-6-5-7-13-24)27-14-16-29-17-15-27/h8-11,20H,4-7,12-19H2,1-3H3,(H,25,28). The van der Waals surface area contributed by atoms with Gasteiger partial charge in [-0.25, -0.2) is 0 Å². The summed E-state index contributed by atoms with van der Waals surface area (Å²) in [6, 6.07) is 8.66. The lowest BCUT2D eigenvalue weighted by Gasteiger charge is -2.48. The number of hydrogen-bond acceptors (Lipinski definition) is 4. The van der Waals surface area contributed by atoms with Crippen LogP contribution in [0.25, 0.3) is 0 Å². The van der Waals surface area contributed by atoms with Crippen LogP contribution in [0.15, 0.2) is 24.3 Å². The monoisotopic (exact) mass is 401 g/mol. The summed E-state index contributed by atoms with van der Waals surface area (Å²) in [5, 5.41) is 3.26. The highest BCUT2D eigenvalue weighted by molar-refractivity contribution is 5.94. The van der Waals surface area contributed by atoms with Gasteiger partial charge in [0.1, 0.15) is 0 Å². The quantitative estimate of drug-likeness (QED) is 0.722. The van der Waals surface area contributed by atoms with Crippen molar-refractivity contribution >= 4 is 5.91 Å². The SMILES string of the molecule is CCN(Cc1ccc(C(=O)NCC2(N3CCOCC3)CCCCC2)cc1)C(C)C. The zero-order chi connectivity index (χ0) is 20.7. The first-order chi connectivity index (χ1) is 14.0. The van der Waals surface area contributed by atoms with Crippen molar-refractivity contribution in [1.29, 1.82) is 0 Å². The summed E-state index contributed by atoms with van der Waals surface area (Å²) >= 11 is 0. The maximum atomic E-state index is 12.8. The average molecular weight is 402 g/mol. The van der Waals surface area contributed by atoms with E-state index in [1.807, 2.05) is 12.1 Å². The van der Waals surface area contributed by atoms with Gasteiger partial charge < -0.3 is 10.1 Å². The van der Waals surface area contributed by atoms with Crippen molar-refractivity contribution in [2.75, 3.05) is 39.4 Å². The molecule has 3 rings (SSSR count). The summed E-state index contributed by atoms with van der Waals surface area (Å²) in [6.07, 6.45) is 6.17. The second-order valence-corrected chi connectivity index (χ2v) is 8.92. The predicted molar refractivity (Wildman–Crippen MR) is 118 cm³/mol. The van der Waals surface area contributed by atoms with Crippen molar-refractivity contribution in [1.82, 2.24) is 15.1 Å². The van der Waals surface area contributed by atoms with Crippen LogP contribution in [0.4, 0.5) is 0 Å². The number of nitrogens with one attached hydrogen (secondary N) is 1. The molecule has 5 heteroatoms. The molecule has 1 amide bonds. The highest BCUT2D eigenvalue weighted by Gasteiger charge is 2.38. The van der Waals surface area contributed by atoms with Gasteiger partial charge >= 0.3 is 0 Å². The third-order valence-electron chi connectivity index (χ3n) is 6.78. The zero-order valence-corrected chi connectivity index (χ0v) is 18.6. The Kier molecular flexibility index (Phi) is 8.10. The van der Waals surface area contributed by atoms with Gasteiger partial charge in [-0.1, -0.05) is 38.3 Å². The first kappa shape index (κ1) is 22.3. The smallest absolute Gasteiger partial charge is 0.251 e. The van der Waals surface area contributed by atoms with Crippen LogP contribution in [0.5, 0.6) is 0 Å². The van der Waals surface area contributed by atoms with Crippen LogP contribution in [-0.2, 0) is 11.3 Å². The number of carbonyl (C=O) groups excluding carboxylic acids is 1. The van der Waals surface area contributed by atoms with Gasteiger partial charge in [-0.3, -0.25) is 14.6 Å². The molecule has 1 saturated carbocycles. The molecule has 162 valence electrons. The number of hydrogen-bond donors (Lipinski definition) is 1. The molecule has 5 nitrogen and oxygen atoms in total. The zero-order valence-electron chi connectivity index (χ0n) is 18.6. The summed E-state index contributed by atoms with van der Waals surface area (Å²) in [5.41, 5.74) is 2.12. The third kappa shape index (κ3) is 5.80. The van der Waals surface area contributed by atoms with Crippen LogP contribution >= 0.6 is 0 Å². The van der Waals surface area contributed by atoms with E-state index in [2.05, 4.69) is 48.0 Å². The molecule has 1 aromatic rings. The van der Waals surface area contributed by atoms with Crippen LogP contribution in [0.2, 0.25) is 0 Å². The summed E-state index contributed by atoms with van der Waals surface area (Å²) in [6.45, 7) is 12.9. The molecule has 1 N–H and O–H groups in total. The number of benzene rings is 1. The van der Waals surface area contributed by atoms with E-state index >= 15 is 0 Å². The Balaban J connectivity index is 1.59. The van der Waals surface area contributed by atoms with E-state index in [1.54, 1.807) is 0 Å². The number of rotatable bonds is 8. The molecule has 0 aromatic heterocycles. The number of amides is 1. The maximum absolute atomic E-state index is 12.8. The molecule has 29 heavy (non-hydrogen) atoms. The van der Waals surface area contributed by atoms with Crippen LogP contribution in [0.1, 0.15) is 68.8 Å². The third-order valence-corrected chi connectivity index (χ3v) is 6.78. The lowest BCUT2D eigenvalue weighted by Crippen LogP contribution is -2.59. The van der Waals surface area contributed by atoms with E-state index in [4.69, 9.17) is 4.74 Å². The Labute approximate surface area is 176 Å². The highest BCUT2D eigenvalue weighted by atomic mass is 16.5. The Bertz CT molecular complexity index is 632. The minimum atomic E-state index is 0.0472. The lowest BCUT2D eigenvalue weighted by molar-refractivity contribution is -0.0361. The summed E-state index contributed by atoms with van der Waals surface area (Å²) < 4.78 is 5.56. The highest BCUT2D eigenvalue weighted by Crippen LogP contribution is 2.34. The molecular formula is C24H39N3O2. The molecule has 1 aliphatic carbocycles. The van der Waals surface area contributed by atoms with Gasteiger partial charge in [0.2, 0.25) is 0 Å². The first-order valence-corrected chi connectivity index (χ1v) is 11.5. The number of carbonyl (C=O) groups is 1. The largest absolute Gasteiger partial charge is 0.379 e. The van der Waals surface area contributed by atoms with Gasteiger partial charge in [0, 0.05) is 43.3 Å². The molecule has 1 aromatic carbocycles. The van der Waals surface area contributed by atoms with E-state index < -0.39 is 0 Å². The van der Waals surface area contributed by atoms with Crippen molar-refractivity contribution in [2.45, 2.75) is 71.0 Å². The maximum Gasteiger partial charge on any atom is 0.251 e. The molecule has 1 saturated heterocycles. The summed E-state index contributed by atoms with van der Waals surface area (Å²) in [4.78, 5) is 17.8. The Hall–Kier alpha value is -1.43. The molecule has 0 unspecified atom stereocenters. The Morgan fingerprint density at radius 1 is 1.14 bits per heavy atom. The minimum absolute atomic E-state index is 0.0472. The molecule has 0 bridgehead atoms.